The standard InChI is InChI=1S/C18H19NO3/c1-12-3-5-15(6-4-12)19-18(20)14-9-13-10-16(21-2)7-8-17(13)22-11-14/h3-8,10,14H,9,11H2,1-2H3,(H,19,20)/t14-/m0/s1. The van der Waals surface area contributed by atoms with E-state index in [1.54, 1.807) is 7.11 Å². The van der Waals surface area contributed by atoms with Gasteiger partial charge in [0, 0.05) is 5.69 Å². The molecule has 1 atom stereocenters. The van der Waals surface area contributed by atoms with Crippen molar-refractivity contribution in [2.24, 2.45) is 5.92 Å². The number of ether oxygens (including phenoxy) is 2. The summed E-state index contributed by atoms with van der Waals surface area (Å²) < 4.78 is 10.9. The minimum atomic E-state index is -0.194. The molecule has 0 fully saturated rings. The lowest BCUT2D eigenvalue weighted by Gasteiger charge is -2.25. The highest BCUT2D eigenvalue weighted by Gasteiger charge is 2.26. The van der Waals surface area contributed by atoms with Gasteiger partial charge in [-0.2, -0.15) is 0 Å². The summed E-state index contributed by atoms with van der Waals surface area (Å²) in [6.45, 7) is 2.42. The topological polar surface area (TPSA) is 47.6 Å². The number of carbonyl (C=O) groups is 1. The van der Waals surface area contributed by atoms with Crippen molar-refractivity contribution in [3.63, 3.8) is 0 Å². The van der Waals surface area contributed by atoms with Crippen molar-refractivity contribution in [1.82, 2.24) is 0 Å². The Labute approximate surface area is 130 Å². The predicted molar refractivity (Wildman–Crippen MR) is 85.5 cm³/mol. The number of methoxy groups -OCH3 is 1. The molecule has 2 aromatic rings. The Bertz CT molecular complexity index is 679. The van der Waals surface area contributed by atoms with Gasteiger partial charge in [-0.05, 0) is 49.2 Å². The van der Waals surface area contributed by atoms with Crippen molar-refractivity contribution in [2.75, 3.05) is 19.0 Å². The summed E-state index contributed by atoms with van der Waals surface area (Å²) in [4.78, 5) is 12.4. The van der Waals surface area contributed by atoms with Crippen molar-refractivity contribution in [1.29, 1.82) is 0 Å². The number of nitrogens with one attached hydrogen (secondary N) is 1. The first-order valence-corrected chi connectivity index (χ1v) is 7.33. The van der Waals surface area contributed by atoms with E-state index in [9.17, 15) is 4.79 Å². The van der Waals surface area contributed by atoms with E-state index in [1.165, 1.54) is 5.56 Å². The predicted octanol–water partition coefficient (Wildman–Crippen LogP) is 3.19. The maximum absolute atomic E-state index is 12.4. The van der Waals surface area contributed by atoms with Crippen LogP contribution < -0.4 is 14.8 Å². The van der Waals surface area contributed by atoms with E-state index in [0.717, 1.165) is 22.7 Å². The molecule has 0 saturated carbocycles. The normalized spacial score (nSPS) is 16.4. The minimum Gasteiger partial charge on any atom is -0.497 e. The number of aryl methyl sites for hydroxylation is 1. The van der Waals surface area contributed by atoms with Crippen LogP contribution in [0, 0.1) is 12.8 Å². The number of fused-ring (bicyclic) bond motifs is 1. The molecule has 1 aliphatic rings. The zero-order valence-corrected chi connectivity index (χ0v) is 12.8. The molecule has 0 bridgehead atoms. The lowest BCUT2D eigenvalue weighted by molar-refractivity contribution is -0.121. The molecule has 1 amide bonds. The maximum Gasteiger partial charge on any atom is 0.231 e. The second kappa shape index (κ2) is 6.10. The molecule has 4 nitrogen and oxygen atoms in total. The van der Waals surface area contributed by atoms with Gasteiger partial charge < -0.3 is 14.8 Å². The van der Waals surface area contributed by atoms with Gasteiger partial charge >= 0.3 is 0 Å². The van der Waals surface area contributed by atoms with Crippen LogP contribution in [-0.4, -0.2) is 19.6 Å². The van der Waals surface area contributed by atoms with Crippen molar-refractivity contribution in [2.45, 2.75) is 13.3 Å². The molecular formula is C18H19NO3. The molecule has 0 radical (unpaired) electrons. The summed E-state index contributed by atoms with van der Waals surface area (Å²) >= 11 is 0. The minimum absolute atomic E-state index is 0.0164. The molecule has 1 aliphatic heterocycles. The van der Waals surface area contributed by atoms with Gasteiger partial charge in [0.1, 0.15) is 18.1 Å². The molecule has 0 aromatic heterocycles. The smallest absolute Gasteiger partial charge is 0.231 e. The first-order chi connectivity index (χ1) is 10.7. The van der Waals surface area contributed by atoms with Gasteiger partial charge in [-0.15, -0.1) is 0 Å². The van der Waals surface area contributed by atoms with Crippen molar-refractivity contribution in [3.05, 3.63) is 53.6 Å². The SMILES string of the molecule is COc1ccc2c(c1)C[C@H](C(=O)Nc1ccc(C)cc1)CO2. The van der Waals surface area contributed by atoms with Gasteiger partial charge in [0.25, 0.3) is 0 Å². The van der Waals surface area contributed by atoms with Gasteiger partial charge in [0.05, 0.1) is 13.0 Å². The van der Waals surface area contributed by atoms with Gasteiger partial charge in [-0.25, -0.2) is 0 Å². The summed E-state index contributed by atoms with van der Waals surface area (Å²) in [5.74, 6) is 1.40. The van der Waals surface area contributed by atoms with Crippen molar-refractivity contribution in [3.8, 4) is 11.5 Å². The number of rotatable bonds is 3. The molecule has 3 rings (SSSR count). The Morgan fingerprint density at radius 3 is 2.73 bits per heavy atom. The highest BCUT2D eigenvalue weighted by Crippen LogP contribution is 2.31. The maximum atomic E-state index is 12.4. The molecule has 0 unspecified atom stereocenters. The van der Waals surface area contributed by atoms with Gasteiger partial charge in [-0.3, -0.25) is 4.79 Å². The lowest BCUT2D eigenvalue weighted by Crippen LogP contribution is -2.32. The van der Waals surface area contributed by atoms with Crippen LogP contribution in [0.15, 0.2) is 42.5 Å². The zero-order valence-electron chi connectivity index (χ0n) is 12.8. The third-order valence-electron chi connectivity index (χ3n) is 3.86. The van der Waals surface area contributed by atoms with E-state index >= 15 is 0 Å². The number of anilines is 1. The van der Waals surface area contributed by atoms with E-state index in [2.05, 4.69) is 5.32 Å². The third-order valence-corrected chi connectivity index (χ3v) is 3.86. The number of hydrogen-bond acceptors (Lipinski definition) is 3. The molecule has 1 heterocycles. The van der Waals surface area contributed by atoms with Crippen LogP contribution in [-0.2, 0) is 11.2 Å². The van der Waals surface area contributed by atoms with Gasteiger partial charge in [0.15, 0.2) is 0 Å². The van der Waals surface area contributed by atoms with Crippen LogP contribution in [0.1, 0.15) is 11.1 Å². The molecule has 22 heavy (non-hydrogen) atoms. The van der Waals surface area contributed by atoms with Crippen molar-refractivity contribution < 1.29 is 14.3 Å². The van der Waals surface area contributed by atoms with E-state index in [-0.39, 0.29) is 11.8 Å². The average molecular weight is 297 g/mol. The summed E-state index contributed by atoms with van der Waals surface area (Å²) in [6.07, 6.45) is 0.657. The Morgan fingerprint density at radius 2 is 2.00 bits per heavy atom. The summed E-state index contributed by atoms with van der Waals surface area (Å²) in [7, 11) is 1.63. The number of amides is 1. The zero-order chi connectivity index (χ0) is 15.5. The third kappa shape index (κ3) is 3.06. The summed E-state index contributed by atoms with van der Waals surface area (Å²) in [5.41, 5.74) is 2.99. The quantitative estimate of drug-likeness (QED) is 0.946. The molecule has 0 aliphatic carbocycles. The van der Waals surface area contributed by atoms with Crippen LogP contribution in [0.4, 0.5) is 5.69 Å². The molecular weight excluding hydrogens is 278 g/mol. The van der Waals surface area contributed by atoms with Crippen molar-refractivity contribution >= 4 is 11.6 Å². The lowest BCUT2D eigenvalue weighted by atomic mass is 9.95. The second-order valence-electron chi connectivity index (χ2n) is 5.54. The Hall–Kier alpha value is -2.49. The van der Waals surface area contributed by atoms with Crippen LogP contribution >= 0.6 is 0 Å². The highest BCUT2D eigenvalue weighted by atomic mass is 16.5. The van der Waals surface area contributed by atoms with Gasteiger partial charge in [-0.1, -0.05) is 17.7 Å². The van der Waals surface area contributed by atoms with E-state index in [1.807, 2.05) is 49.4 Å². The monoisotopic (exact) mass is 297 g/mol. The molecule has 4 heteroatoms. The van der Waals surface area contributed by atoms with Gasteiger partial charge in [0.2, 0.25) is 5.91 Å². The highest BCUT2D eigenvalue weighted by molar-refractivity contribution is 5.93. The van der Waals surface area contributed by atoms with Crippen LogP contribution in [0.25, 0.3) is 0 Å². The Morgan fingerprint density at radius 1 is 1.23 bits per heavy atom. The Kier molecular flexibility index (Phi) is 4.00. The molecule has 0 saturated heterocycles. The van der Waals surface area contributed by atoms with E-state index < -0.39 is 0 Å². The first kappa shape index (κ1) is 14.4. The average Bonchev–Trinajstić information content (AvgIpc) is 2.55. The number of benzene rings is 2. The Balaban J connectivity index is 1.70. The summed E-state index contributed by atoms with van der Waals surface area (Å²) in [5, 5.41) is 2.95. The fourth-order valence-electron chi connectivity index (χ4n) is 2.55. The molecule has 0 spiro atoms. The summed E-state index contributed by atoms with van der Waals surface area (Å²) in [6, 6.07) is 13.5. The largest absolute Gasteiger partial charge is 0.497 e. The second-order valence-corrected chi connectivity index (χ2v) is 5.54. The fourth-order valence-corrected chi connectivity index (χ4v) is 2.55. The van der Waals surface area contributed by atoms with Crippen LogP contribution in [0.2, 0.25) is 0 Å². The molecule has 114 valence electrons. The number of hydrogen-bond donors (Lipinski definition) is 1. The number of carbonyl (C=O) groups excluding carboxylic acids is 1. The van der Waals surface area contributed by atoms with Crippen LogP contribution in [0.3, 0.4) is 0 Å². The van der Waals surface area contributed by atoms with E-state index in [0.29, 0.717) is 13.0 Å². The molecule has 2 aromatic carbocycles. The first-order valence-electron chi connectivity index (χ1n) is 7.33. The van der Waals surface area contributed by atoms with E-state index in [4.69, 9.17) is 9.47 Å². The fraction of sp³-hybridized carbons (Fsp3) is 0.278. The molecule has 1 N–H and O–H groups in total. The van der Waals surface area contributed by atoms with Crippen LogP contribution in [0.5, 0.6) is 11.5 Å².